The van der Waals surface area contributed by atoms with E-state index >= 15 is 0 Å². The number of benzene rings is 2. The summed E-state index contributed by atoms with van der Waals surface area (Å²) in [6, 6.07) is 13.9. The highest BCUT2D eigenvalue weighted by atomic mass is 19.1. The standard InChI is InChI=1S/C24H23FN6O/c1-16-20-14-18(25)8-9-21(20)29-24(28-16)30-11-3-7-22(30)23(32)26-15-17-5-2-6-19(13-17)31-12-4-10-27-31/h2,4-6,8-10,12-14,22H,3,7,11,15H2,1H3,(H,26,32)/t22-/m1/s1. The minimum Gasteiger partial charge on any atom is -0.350 e. The number of aryl methyl sites for hydroxylation is 1. The number of nitrogens with zero attached hydrogens (tertiary/aromatic N) is 5. The molecule has 0 unspecified atom stereocenters. The van der Waals surface area contributed by atoms with Gasteiger partial charge in [-0.05, 0) is 61.7 Å². The number of fused-ring (bicyclic) bond motifs is 1. The molecule has 0 bridgehead atoms. The second kappa shape index (κ2) is 8.37. The number of nitrogens with one attached hydrogen (secondary N) is 1. The van der Waals surface area contributed by atoms with Crippen molar-refractivity contribution < 1.29 is 9.18 Å². The first-order valence-corrected chi connectivity index (χ1v) is 10.7. The third-order valence-corrected chi connectivity index (χ3v) is 5.80. The molecular weight excluding hydrogens is 407 g/mol. The normalized spacial score (nSPS) is 15.9. The minimum absolute atomic E-state index is 0.0487. The van der Waals surface area contributed by atoms with E-state index in [0.29, 0.717) is 35.6 Å². The van der Waals surface area contributed by atoms with Crippen LogP contribution in [0, 0.1) is 12.7 Å². The van der Waals surface area contributed by atoms with Crippen molar-refractivity contribution >= 4 is 22.8 Å². The van der Waals surface area contributed by atoms with Gasteiger partial charge in [-0.1, -0.05) is 12.1 Å². The van der Waals surface area contributed by atoms with Crippen LogP contribution in [0.25, 0.3) is 16.6 Å². The Hall–Kier alpha value is -3.81. The summed E-state index contributed by atoms with van der Waals surface area (Å²) >= 11 is 0. The summed E-state index contributed by atoms with van der Waals surface area (Å²) in [5, 5.41) is 7.99. The van der Waals surface area contributed by atoms with E-state index in [1.54, 1.807) is 16.9 Å². The van der Waals surface area contributed by atoms with E-state index in [4.69, 9.17) is 0 Å². The van der Waals surface area contributed by atoms with E-state index in [1.807, 2.05) is 48.4 Å². The Morgan fingerprint density at radius 3 is 2.94 bits per heavy atom. The first kappa shape index (κ1) is 20.1. The molecule has 1 aliphatic rings. The number of hydrogen-bond acceptors (Lipinski definition) is 5. The predicted molar refractivity (Wildman–Crippen MR) is 120 cm³/mol. The number of anilines is 1. The summed E-state index contributed by atoms with van der Waals surface area (Å²) in [5.41, 5.74) is 3.32. The molecule has 0 saturated carbocycles. The van der Waals surface area contributed by atoms with Crippen LogP contribution in [0.15, 0.2) is 60.9 Å². The van der Waals surface area contributed by atoms with E-state index in [9.17, 15) is 9.18 Å². The predicted octanol–water partition coefficient (Wildman–Crippen LogP) is 3.55. The highest BCUT2D eigenvalue weighted by Crippen LogP contribution is 2.26. The van der Waals surface area contributed by atoms with Crippen molar-refractivity contribution in [1.29, 1.82) is 0 Å². The molecule has 4 aromatic rings. The van der Waals surface area contributed by atoms with Gasteiger partial charge in [-0.25, -0.2) is 19.0 Å². The van der Waals surface area contributed by atoms with Gasteiger partial charge in [0.15, 0.2) is 0 Å². The van der Waals surface area contributed by atoms with Gasteiger partial charge in [-0.3, -0.25) is 4.79 Å². The second-order valence-corrected chi connectivity index (χ2v) is 7.96. The third kappa shape index (κ3) is 3.91. The molecule has 8 heteroatoms. The molecule has 1 saturated heterocycles. The maximum atomic E-state index is 13.6. The monoisotopic (exact) mass is 430 g/mol. The maximum absolute atomic E-state index is 13.6. The number of aromatic nitrogens is 4. The summed E-state index contributed by atoms with van der Waals surface area (Å²) < 4.78 is 15.4. The van der Waals surface area contributed by atoms with Crippen molar-refractivity contribution in [3.63, 3.8) is 0 Å². The third-order valence-electron chi connectivity index (χ3n) is 5.80. The fourth-order valence-corrected chi connectivity index (χ4v) is 4.18. The summed E-state index contributed by atoms with van der Waals surface area (Å²) in [6.45, 7) is 2.97. The molecule has 0 radical (unpaired) electrons. The summed E-state index contributed by atoms with van der Waals surface area (Å²) in [5.74, 6) is 0.152. The minimum atomic E-state index is -0.332. The van der Waals surface area contributed by atoms with Crippen LogP contribution >= 0.6 is 0 Å². The molecule has 7 nitrogen and oxygen atoms in total. The molecule has 32 heavy (non-hydrogen) atoms. The van der Waals surface area contributed by atoms with Crippen LogP contribution in [0.5, 0.6) is 0 Å². The molecule has 0 aliphatic carbocycles. The van der Waals surface area contributed by atoms with Crippen LogP contribution in [0.3, 0.4) is 0 Å². The molecular formula is C24H23FN6O. The van der Waals surface area contributed by atoms with Gasteiger partial charge in [-0.2, -0.15) is 5.10 Å². The number of hydrogen-bond donors (Lipinski definition) is 1. The average molecular weight is 430 g/mol. The summed E-state index contributed by atoms with van der Waals surface area (Å²) in [6.07, 6.45) is 5.24. The first-order valence-electron chi connectivity index (χ1n) is 10.7. The average Bonchev–Trinajstić information content (AvgIpc) is 3.50. The van der Waals surface area contributed by atoms with Crippen LogP contribution in [0.4, 0.5) is 10.3 Å². The van der Waals surface area contributed by atoms with Crippen molar-refractivity contribution in [2.24, 2.45) is 0 Å². The molecule has 2 aromatic carbocycles. The summed E-state index contributed by atoms with van der Waals surface area (Å²) in [7, 11) is 0. The van der Waals surface area contributed by atoms with Gasteiger partial charge in [0.25, 0.3) is 0 Å². The van der Waals surface area contributed by atoms with Crippen LogP contribution in [0.2, 0.25) is 0 Å². The number of amides is 1. The highest BCUT2D eigenvalue weighted by molar-refractivity contribution is 5.86. The van der Waals surface area contributed by atoms with Crippen molar-refractivity contribution in [3.8, 4) is 5.69 Å². The Morgan fingerprint density at radius 1 is 1.19 bits per heavy atom. The molecule has 1 fully saturated rings. The van der Waals surface area contributed by atoms with Crippen LogP contribution in [0.1, 0.15) is 24.1 Å². The van der Waals surface area contributed by atoms with Gasteiger partial charge in [0, 0.05) is 30.9 Å². The lowest BCUT2D eigenvalue weighted by atomic mass is 10.1. The SMILES string of the molecule is Cc1nc(N2CCC[C@@H]2C(=O)NCc2cccc(-n3cccn3)c2)nc2ccc(F)cc12. The fraction of sp³-hybridized carbons (Fsp3) is 0.250. The van der Waals surface area contributed by atoms with Crippen molar-refractivity contribution in [2.45, 2.75) is 32.4 Å². The van der Waals surface area contributed by atoms with Crippen LogP contribution in [-0.4, -0.2) is 38.2 Å². The lowest BCUT2D eigenvalue weighted by Crippen LogP contribution is -2.43. The number of rotatable bonds is 5. The lowest BCUT2D eigenvalue weighted by Gasteiger charge is -2.24. The molecule has 2 aromatic heterocycles. The van der Waals surface area contributed by atoms with Crippen LogP contribution < -0.4 is 10.2 Å². The Morgan fingerprint density at radius 2 is 2.09 bits per heavy atom. The molecule has 5 rings (SSSR count). The van der Waals surface area contributed by atoms with Gasteiger partial charge in [0.1, 0.15) is 11.9 Å². The quantitative estimate of drug-likeness (QED) is 0.524. The van der Waals surface area contributed by atoms with E-state index in [2.05, 4.69) is 20.4 Å². The maximum Gasteiger partial charge on any atom is 0.243 e. The molecule has 1 amide bonds. The topological polar surface area (TPSA) is 75.9 Å². The molecule has 0 spiro atoms. The first-order chi connectivity index (χ1) is 15.6. The van der Waals surface area contributed by atoms with Crippen molar-refractivity contribution in [2.75, 3.05) is 11.4 Å². The zero-order valence-corrected chi connectivity index (χ0v) is 17.7. The molecule has 162 valence electrons. The van der Waals surface area contributed by atoms with E-state index in [0.717, 1.165) is 24.1 Å². The van der Waals surface area contributed by atoms with Gasteiger partial charge in [0.2, 0.25) is 11.9 Å². The second-order valence-electron chi connectivity index (χ2n) is 7.96. The van der Waals surface area contributed by atoms with E-state index < -0.39 is 0 Å². The highest BCUT2D eigenvalue weighted by Gasteiger charge is 2.32. The zero-order valence-electron chi connectivity index (χ0n) is 17.7. The number of carbonyl (C=O) groups is 1. The van der Waals surface area contributed by atoms with Gasteiger partial charge >= 0.3 is 0 Å². The molecule has 1 N–H and O–H groups in total. The molecule has 3 heterocycles. The largest absolute Gasteiger partial charge is 0.350 e. The van der Waals surface area contributed by atoms with Gasteiger partial charge < -0.3 is 10.2 Å². The Balaban J connectivity index is 1.32. The molecule has 1 atom stereocenters. The fourth-order valence-electron chi connectivity index (χ4n) is 4.18. The Bertz CT molecular complexity index is 1270. The Labute approximate surface area is 184 Å². The van der Waals surface area contributed by atoms with E-state index in [1.165, 1.54) is 12.1 Å². The van der Waals surface area contributed by atoms with Crippen molar-refractivity contribution in [3.05, 3.63) is 78.0 Å². The summed E-state index contributed by atoms with van der Waals surface area (Å²) in [4.78, 5) is 24.2. The molecule has 1 aliphatic heterocycles. The number of halogens is 1. The van der Waals surface area contributed by atoms with Crippen LogP contribution in [-0.2, 0) is 11.3 Å². The lowest BCUT2D eigenvalue weighted by molar-refractivity contribution is -0.122. The van der Waals surface area contributed by atoms with Gasteiger partial charge in [-0.15, -0.1) is 0 Å². The number of carbonyl (C=O) groups excluding carboxylic acids is 1. The van der Waals surface area contributed by atoms with Crippen molar-refractivity contribution in [1.82, 2.24) is 25.1 Å². The smallest absolute Gasteiger partial charge is 0.243 e. The Kier molecular flexibility index (Phi) is 5.26. The van der Waals surface area contributed by atoms with Gasteiger partial charge in [0.05, 0.1) is 16.9 Å². The van der Waals surface area contributed by atoms with E-state index in [-0.39, 0.29) is 17.8 Å². The zero-order chi connectivity index (χ0) is 22.1.